The predicted molar refractivity (Wildman–Crippen MR) is 156 cm³/mol. The van der Waals surface area contributed by atoms with Crippen molar-refractivity contribution < 1.29 is 24.6 Å². The maximum absolute atomic E-state index is 14.0. The number of nitrogens with one attached hydrogen (secondary N) is 1. The highest BCUT2D eigenvalue weighted by atomic mass is 32.2. The number of aryl methyl sites for hydroxylation is 1. The molecule has 2 amide bonds. The average molecular weight is 562 g/mol. The van der Waals surface area contributed by atoms with Gasteiger partial charge in [-0.25, -0.2) is 0 Å². The number of phenolic OH excluding ortho intramolecular Hbond substituents is 1. The molecule has 1 aliphatic heterocycles. The Morgan fingerprint density at radius 3 is 2.45 bits per heavy atom. The number of aliphatic hydroxyl groups is 1. The zero-order chi connectivity index (χ0) is 28.8. The average Bonchev–Trinajstić information content (AvgIpc) is 3.46. The van der Waals surface area contributed by atoms with Crippen molar-refractivity contribution in [1.29, 1.82) is 0 Å². The Morgan fingerprint density at radius 1 is 1.05 bits per heavy atom. The number of Topliss-reactive ketones (excluding diaryl/α,β-unsaturated/α-hetero) is 1. The fraction of sp³-hybridized carbons (Fsp3) is 0.323. The first kappa shape index (κ1) is 29.3. The number of ketones is 1. The summed E-state index contributed by atoms with van der Waals surface area (Å²) in [7, 11) is 0. The largest absolute Gasteiger partial charge is 0.508 e. The van der Waals surface area contributed by atoms with Gasteiger partial charge in [-0.15, -0.1) is 11.8 Å². The van der Waals surface area contributed by atoms with E-state index in [-0.39, 0.29) is 23.1 Å². The van der Waals surface area contributed by atoms with E-state index < -0.39 is 35.8 Å². The second-order valence-corrected chi connectivity index (χ2v) is 10.9. The number of hydrogen-bond acceptors (Lipinski definition) is 7. The van der Waals surface area contributed by atoms with E-state index in [2.05, 4.69) is 5.32 Å². The van der Waals surface area contributed by atoms with E-state index in [1.807, 2.05) is 31.2 Å². The molecule has 1 heterocycles. The van der Waals surface area contributed by atoms with Crippen molar-refractivity contribution in [2.45, 2.75) is 45.0 Å². The Kier molecular flexibility index (Phi) is 9.63. The van der Waals surface area contributed by atoms with Crippen LogP contribution in [0.25, 0.3) is 0 Å². The van der Waals surface area contributed by atoms with E-state index >= 15 is 0 Å². The summed E-state index contributed by atoms with van der Waals surface area (Å²) in [5, 5.41) is 24.8. The number of nitrogens with two attached hydrogens (primary N) is 1. The van der Waals surface area contributed by atoms with Crippen molar-refractivity contribution in [3.8, 4) is 5.75 Å². The number of phenols is 1. The number of nitrogens with zero attached hydrogens (tertiary/aromatic N) is 1. The Morgan fingerprint density at radius 2 is 1.75 bits per heavy atom. The molecule has 0 radical (unpaired) electrons. The van der Waals surface area contributed by atoms with Crippen molar-refractivity contribution in [3.05, 3.63) is 101 Å². The molecule has 0 aliphatic carbocycles. The number of hydrogen-bond donors (Lipinski definition) is 4. The maximum Gasteiger partial charge on any atom is 0.253 e. The maximum atomic E-state index is 14.0. The van der Waals surface area contributed by atoms with Gasteiger partial charge in [-0.05, 0) is 36.1 Å². The zero-order valence-corrected chi connectivity index (χ0v) is 23.4. The molecule has 40 heavy (non-hydrogen) atoms. The molecule has 5 N–H and O–H groups in total. The molecule has 4 rings (SSSR count). The number of aromatic hydroxyl groups is 1. The molecule has 0 saturated carbocycles. The number of aliphatic hydroxyl groups excluding tert-OH is 1. The molecule has 3 aromatic carbocycles. The van der Waals surface area contributed by atoms with Gasteiger partial charge in [0.2, 0.25) is 5.91 Å². The van der Waals surface area contributed by atoms with E-state index in [1.165, 1.54) is 22.7 Å². The van der Waals surface area contributed by atoms with Gasteiger partial charge in [0.15, 0.2) is 5.78 Å². The first-order valence-corrected chi connectivity index (χ1v) is 14.4. The van der Waals surface area contributed by atoms with E-state index in [0.717, 1.165) is 11.1 Å². The van der Waals surface area contributed by atoms with E-state index in [9.17, 15) is 24.6 Å². The van der Waals surface area contributed by atoms with Gasteiger partial charge in [-0.3, -0.25) is 14.4 Å². The highest BCUT2D eigenvalue weighted by molar-refractivity contribution is 7.99. The van der Waals surface area contributed by atoms with Crippen LogP contribution >= 0.6 is 11.8 Å². The number of carbonyl (C=O) groups is 3. The van der Waals surface area contributed by atoms with E-state index in [4.69, 9.17) is 5.73 Å². The Hall–Kier alpha value is -3.66. The van der Waals surface area contributed by atoms with Gasteiger partial charge < -0.3 is 26.2 Å². The van der Waals surface area contributed by atoms with Crippen LogP contribution in [0.5, 0.6) is 5.75 Å². The van der Waals surface area contributed by atoms with Gasteiger partial charge in [-0.2, -0.15) is 0 Å². The number of amides is 2. The third kappa shape index (κ3) is 6.22. The van der Waals surface area contributed by atoms with Crippen LogP contribution in [-0.2, 0) is 22.6 Å². The zero-order valence-electron chi connectivity index (χ0n) is 22.6. The predicted octanol–water partition coefficient (Wildman–Crippen LogP) is 3.34. The number of carbonyl (C=O) groups excluding carboxylic acids is 3. The summed E-state index contributed by atoms with van der Waals surface area (Å²) < 4.78 is 0. The third-order valence-corrected chi connectivity index (χ3v) is 8.43. The van der Waals surface area contributed by atoms with Crippen molar-refractivity contribution in [3.63, 3.8) is 0 Å². The van der Waals surface area contributed by atoms with Gasteiger partial charge in [0, 0.05) is 29.5 Å². The molecule has 3 aromatic rings. The minimum Gasteiger partial charge on any atom is -0.508 e. The highest BCUT2D eigenvalue weighted by Crippen LogP contribution is 2.32. The van der Waals surface area contributed by atoms with Crippen LogP contribution in [0.1, 0.15) is 45.6 Å². The Balaban J connectivity index is 1.60. The number of rotatable bonds is 10. The second kappa shape index (κ2) is 13.1. The normalized spacial score (nSPS) is 17.2. The molecule has 4 atom stereocenters. The van der Waals surface area contributed by atoms with Crippen molar-refractivity contribution >= 4 is 29.4 Å². The molecule has 1 fully saturated rings. The van der Waals surface area contributed by atoms with Crippen LogP contribution in [0.15, 0.2) is 72.8 Å². The fourth-order valence-corrected chi connectivity index (χ4v) is 6.22. The molecule has 3 unspecified atom stereocenters. The van der Waals surface area contributed by atoms with Crippen molar-refractivity contribution in [2.24, 2.45) is 11.7 Å². The molecule has 1 aliphatic rings. The first-order chi connectivity index (χ1) is 19.2. The lowest BCUT2D eigenvalue weighted by molar-refractivity contribution is -0.146. The molecule has 0 spiro atoms. The summed E-state index contributed by atoms with van der Waals surface area (Å²) in [5.41, 5.74) is 9.78. The Labute approximate surface area is 238 Å². The second-order valence-electron chi connectivity index (χ2n) is 9.90. The van der Waals surface area contributed by atoms with Crippen LogP contribution in [0.4, 0.5) is 0 Å². The lowest BCUT2D eigenvalue weighted by Crippen LogP contribution is -2.53. The van der Waals surface area contributed by atoms with Crippen LogP contribution in [0.3, 0.4) is 0 Å². The standard InChI is InChI=1S/C31H35N3O5S/c1-3-22-23(14-9-15-25(22)35)28(36)26(27(32)20-11-5-4-6-12-20)29(37)31(39)34-18-40-17-24(34)30(38)33-16-21-13-8-7-10-19(21)2/h4-15,24,26-27,29,35,37H,3,16-18,32H2,1-2H3,(H,33,38)/t24-,26?,27?,29?/m0/s1. The monoisotopic (exact) mass is 561 g/mol. The lowest BCUT2D eigenvalue weighted by Gasteiger charge is -2.32. The molecule has 8 nitrogen and oxygen atoms in total. The van der Waals surface area contributed by atoms with Crippen LogP contribution in [0.2, 0.25) is 0 Å². The summed E-state index contributed by atoms with van der Waals surface area (Å²) in [5.74, 6) is -2.42. The lowest BCUT2D eigenvalue weighted by atomic mass is 9.81. The molecule has 0 bridgehead atoms. The van der Waals surface area contributed by atoms with E-state index in [1.54, 1.807) is 49.4 Å². The summed E-state index contributed by atoms with van der Waals surface area (Å²) in [6.07, 6.45) is -1.43. The van der Waals surface area contributed by atoms with Crippen LogP contribution < -0.4 is 11.1 Å². The summed E-state index contributed by atoms with van der Waals surface area (Å²) in [6, 6.07) is 19.3. The minimum atomic E-state index is -1.81. The third-order valence-electron chi connectivity index (χ3n) is 7.42. The SMILES string of the molecule is CCc1c(O)cccc1C(=O)C(C(O)C(=O)N1CSC[C@H]1C(=O)NCc1ccccc1C)C(N)c1ccccc1. The van der Waals surface area contributed by atoms with Gasteiger partial charge >= 0.3 is 0 Å². The molecular weight excluding hydrogens is 526 g/mol. The molecular formula is C31H35N3O5S. The summed E-state index contributed by atoms with van der Waals surface area (Å²) >= 11 is 1.40. The topological polar surface area (TPSA) is 133 Å². The van der Waals surface area contributed by atoms with Gasteiger partial charge in [0.05, 0.1) is 11.8 Å². The number of benzene rings is 3. The summed E-state index contributed by atoms with van der Waals surface area (Å²) in [4.78, 5) is 42.2. The summed E-state index contributed by atoms with van der Waals surface area (Å²) in [6.45, 7) is 4.08. The molecule has 1 saturated heterocycles. The van der Waals surface area contributed by atoms with Gasteiger partial charge in [0.1, 0.15) is 17.9 Å². The van der Waals surface area contributed by atoms with Crippen LogP contribution in [0, 0.1) is 12.8 Å². The first-order valence-electron chi connectivity index (χ1n) is 13.3. The quantitative estimate of drug-likeness (QED) is 0.279. The van der Waals surface area contributed by atoms with E-state index in [0.29, 0.717) is 29.8 Å². The van der Waals surface area contributed by atoms with Gasteiger partial charge in [-0.1, -0.05) is 73.7 Å². The highest BCUT2D eigenvalue weighted by Gasteiger charge is 2.44. The Bertz CT molecular complexity index is 1370. The van der Waals surface area contributed by atoms with Crippen molar-refractivity contribution in [2.75, 3.05) is 11.6 Å². The van der Waals surface area contributed by atoms with Crippen LogP contribution in [-0.4, -0.2) is 56.5 Å². The fourth-order valence-electron chi connectivity index (χ4n) is 5.05. The van der Waals surface area contributed by atoms with Gasteiger partial charge in [0.25, 0.3) is 5.91 Å². The minimum absolute atomic E-state index is 0.0393. The molecule has 210 valence electrons. The molecule has 9 heteroatoms. The molecule has 0 aromatic heterocycles. The smallest absolute Gasteiger partial charge is 0.253 e. The number of thioether (sulfide) groups is 1. The van der Waals surface area contributed by atoms with Crippen molar-refractivity contribution in [1.82, 2.24) is 10.2 Å².